The van der Waals surface area contributed by atoms with E-state index in [1.54, 1.807) is 0 Å². The van der Waals surface area contributed by atoms with Crippen LogP contribution in [0.3, 0.4) is 0 Å². The average molecular weight is 387 g/mol. The van der Waals surface area contributed by atoms with Gasteiger partial charge in [-0.2, -0.15) is 0 Å². The molecule has 0 aromatic rings. The van der Waals surface area contributed by atoms with E-state index in [1.807, 2.05) is 13.8 Å². The van der Waals surface area contributed by atoms with E-state index in [-0.39, 0.29) is 24.0 Å². The van der Waals surface area contributed by atoms with Crippen LogP contribution in [0.15, 0.2) is 4.99 Å². The SMILES string of the molecule is CCNC(=NCCCCOCC)NCCOCC.I. The summed E-state index contributed by atoms with van der Waals surface area (Å²) >= 11 is 0. The van der Waals surface area contributed by atoms with Crippen molar-refractivity contribution in [2.45, 2.75) is 33.6 Å². The normalized spacial score (nSPS) is 11.0. The maximum atomic E-state index is 5.28. The van der Waals surface area contributed by atoms with Gasteiger partial charge in [-0.15, -0.1) is 24.0 Å². The second kappa shape index (κ2) is 17.9. The number of hydrogen-bond donors (Lipinski definition) is 2. The molecule has 2 N–H and O–H groups in total. The number of guanidine groups is 1. The van der Waals surface area contributed by atoms with Crippen LogP contribution < -0.4 is 10.6 Å². The van der Waals surface area contributed by atoms with Gasteiger partial charge in [-0.3, -0.25) is 4.99 Å². The van der Waals surface area contributed by atoms with Crippen molar-refractivity contribution in [3.63, 3.8) is 0 Å². The van der Waals surface area contributed by atoms with E-state index < -0.39 is 0 Å². The number of nitrogens with zero attached hydrogens (tertiary/aromatic N) is 1. The molecule has 0 saturated carbocycles. The van der Waals surface area contributed by atoms with Crippen LogP contribution >= 0.6 is 24.0 Å². The Balaban J connectivity index is 0. The van der Waals surface area contributed by atoms with Crippen LogP contribution in [0.4, 0.5) is 0 Å². The molecule has 5 nitrogen and oxygen atoms in total. The smallest absolute Gasteiger partial charge is 0.191 e. The van der Waals surface area contributed by atoms with Gasteiger partial charge < -0.3 is 20.1 Å². The first-order chi connectivity index (χ1) is 8.85. The molecule has 0 fully saturated rings. The summed E-state index contributed by atoms with van der Waals surface area (Å²) in [5.74, 6) is 0.869. The minimum absolute atomic E-state index is 0. The Hall–Kier alpha value is -0.0800. The lowest BCUT2D eigenvalue weighted by Crippen LogP contribution is -2.39. The van der Waals surface area contributed by atoms with Crippen LogP contribution in [0, 0.1) is 0 Å². The third-order valence-corrected chi connectivity index (χ3v) is 2.26. The molecular formula is C13H30IN3O2. The van der Waals surface area contributed by atoms with Crippen LogP contribution in [0.25, 0.3) is 0 Å². The monoisotopic (exact) mass is 387 g/mol. The molecule has 0 unspecified atom stereocenters. The Labute approximate surface area is 134 Å². The van der Waals surface area contributed by atoms with Gasteiger partial charge in [-0.1, -0.05) is 0 Å². The lowest BCUT2D eigenvalue weighted by molar-refractivity contribution is 0.144. The zero-order valence-corrected chi connectivity index (χ0v) is 14.9. The fourth-order valence-electron chi connectivity index (χ4n) is 1.38. The van der Waals surface area contributed by atoms with E-state index in [0.29, 0.717) is 6.61 Å². The highest BCUT2D eigenvalue weighted by Crippen LogP contribution is 1.91. The summed E-state index contributed by atoms with van der Waals surface area (Å²) in [6.07, 6.45) is 2.12. The fourth-order valence-corrected chi connectivity index (χ4v) is 1.38. The minimum atomic E-state index is 0. The molecule has 0 radical (unpaired) electrons. The minimum Gasteiger partial charge on any atom is -0.382 e. The van der Waals surface area contributed by atoms with Crippen molar-refractivity contribution in [2.24, 2.45) is 4.99 Å². The quantitative estimate of drug-likeness (QED) is 0.247. The Morgan fingerprint density at radius 3 is 2.26 bits per heavy atom. The highest BCUT2D eigenvalue weighted by atomic mass is 127. The Bertz CT molecular complexity index is 204. The summed E-state index contributed by atoms with van der Waals surface area (Å²) in [5, 5.41) is 6.45. The van der Waals surface area contributed by atoms with Crippen molar-refractivity contribution in [2.75, 3.05) is 46.1 Å². The average Bonchev–Trinajstić information content (AvgIpc) is 2.38. The van der Waals surface area contributed by atoms with E-state index in [1.165, 1.54) is 0 Å². The van der Waals surface area contributed by atoms with Crippen molar-refractivity contribution < 1.29 is 9.47 Å². The summed E-state index contributed by atoms with van der Waals surface area (Å²) < 4.78 is 10.6. The molecule has 0 atom stereocenters. The Kier molecular flexibility index (Phi) is 20.0. The van der Waals surface area contributed by atoms with Gasteiger partial charge in [0.15, 0.2) is 5.96 Å². The fraction of sp³-hybridized carbons (Fsp3) is 0.923. The lowest BCUT2D eigenvalue weighted by Gasteiger charge is -2.11. The lowest BCUT2D eigenvalue weighted by atomic mass is 10.3. The molecule has 0 bridgehead atoms. The van der Waals surface area contributed by atoms with Gasteiger partial charge in [-0.05, 0) is 33.6 Å². The molecule has 6 heteroatoms. The molecule has 0 saturated heterocycles. The highest BCUT2D eigenvalue weighted by molar-refractivity contribution is 14.0. The number of unbranched alkanes of at least 4 members (excludes halogenated alkanes) is 1. The van der Waals surface area contributed by atoms with Crippen LogP contribution in [0.1, 0.15) is 33.6 Å². The van der Waals surface area contributed by atoms with Crippen LogP contribution in [-0.4, -0.2) is 52.0 Å². The van der Waals surface area contributed by atoms with E-state index in [4.69, 9.17) is 9.47 Å². The van der Waals surface area contributed by atoms with Gasteiger partial charge in [0.25, 0.3) is 0 Å². The molecule has 0 rings (SSSR count). The van der Waals surface area contributed by atoms with E-state index in [9.17, 15) is 0 Å². The number of hydrogen-bond acceptors (Lipinski definition) is 3. The van der Waals surface area contributed by atoms with Crippen LogP contribution in [0.2, 0.25) is 0 Å². The Morgan fingerprint density at radius 1 is 0.947 bits per heavy atom. The van der Waals surface area contributed by atoms with Gasteiger partial charge in [0.1, 0.15) is 0 Å². The van der Waals surface area contributed by atoms with Crippen molar-refractivity contribution in [3.05, 3.63) is 0 Å². The van der Waals surface area contributed by atoms with Crippen LogP contribution in [0.5, 0.6) is 0 Å². The molecule has 0 aliphatic rings. The largest absolute Gasteiger partial charge is 0.382 e. The number of rotatable bonds is 11. The van der Waals surface area contributed by atoms with E-state index in [2.05, 4.69) is 22.5 Å². The van der Waals surface area contributed by atoms with Crippen molar-refractivity contribution in [1.82, 2.24) is 10.6 Å². The maximum absolute atomic E-state index is 5.28. The standard InChI is InChI=1S/C13H29N3O2.HI/c1-4-14-13(16-10-12-18-6-3)15-9-7-8-11-17-5-2;/h4-12H2,1-3H3,(H2,14,15,16);1H. The zero-order chi connectivity index (χ0) is 13.5. The summed E-state index contributed by atoms with van der Waals surface area (Å²) in [6.45, 7) is 11.7. The van der Waals surface area contributed by atoms with E-state index >= 15 is 0 Å². The van der Waals surface area contributed by atoms with Gasteiger partial charge >= 0.3 is 0 Å². The second-order valence-corrected chi connectivity index (χ2v) is 3.79. The predicted molar refractivity (Wildman–Crippen MR) is 91.6 cm³/mol. The summed E-state index contributed by atoms with van der Waals surface area (Å²) in [4.78, 5) is 4.49. The summed E-state index contributed by atoms with van der Waals surface area (Å²) in [7, 11) is 0. The molecule has 0 heterocycles. The van der Waals surface area contributed by atoms with Crippen molar-refractivity contribution in [3.8, 4) is 0 Å². The predicted octanol–water partition coefficient (Wildman–Crippen LogP) is 2.01. The van der Waals surface area contributed by atoms with Crippen molar-refractivity contribution >= 4 is 29.9 Å². The number of aliphatic imine (C=N–C) groups is 1. The van der Waals surface area contributed by atoms with Crippen molar-refractivity contribution in [1.29, 1.82) is 0 Å². The number of nitrogens with one attached hydrogen (secondary N) is 2. The molecule has 19 heavy (non-hydrogen) atoms. The molecule has 0 aromatic carbocycles. The molecule has 0 amide bonds. The summed E-state index contributed by atoms with van der Waals surface area (Å²) in [5.41, 5.74) is 0. The molecule has 0 aliphatic heterocycles. The molecule has 0 aromatic heterocycles. The van der Waals surface area contributed by atoms with Gasteiger partial charge in [0.05, 0.1) is 6.61 Å². The highest BCUT2D eigenvalue weighted by Gasteiger charge is 1.95. The first-order valence-electron chi connectivity index (χ1n) is 7.02. The first-order valence-corrected chi connectivity index (χ1v) is 7.02. The van der Waals surface area contributed by atoms with E-state index in [0.717, 1.165) is 58.3 Å². The summed E-state index contributed by atoms with van der Waals surface area (Å²) in [6, 6.07) is 0. The Morgan fingerprint density at radius 2 is 1.63 bits per heavy atom. The third-order valence-electron chi connectivity index (χ3n) is 2.26. The number of ether oxygens (including phenoxy) is 2. The zero-order valence-electron chi connectivity index (χ0n) is 12.5. The van der Waals surface area contributed by atoms with Gasteiger partial charge in [0, 0.05) is 39.5 Å². The van der Waals surface area contributed by atoms with Gasteiger partial charge in [-0.25, -0.2) is 0 Å². The third kappa shape index (κ3) is 15.9. The molecular weight excluding hydrogens is 357 g/mol. The molecule has 0 spiro atoms. The molecule has 0 aliphatic carbocycles. The topological polar surface area (TPSA) is 54.9 Å². The second-order valence-electron chi connectivity index (χ2n) is 3.79. The molecule has 116 valence electrons. The van der Waals surface area contributed by atoms with Crippen LogP contribution in [-0.2, 0) is 9.47 Å². The van der Waals surface area contributed by atoms with Gasteiger partial charge in [0.2, 0.25) is 0 Å². The maximum Gasteiger partial charge on any atom is 0.191 e. The first kappa shape index (κ1) is 21.2. The number of halogens is 1.